The number of alkyl carbamates (subject to hydrolysis) is 1. The van der Waals surface area contributed by atoms with Gasteiger partial charge in [-0.3, -0.25) is 4.79 Å². The third-order valence-corrected chi connectivity index (χ3v) is 3.90. The molecule has 0 aromatic heterocycles. The second kappa shape index (κ2) is 11.7. The van der Waals surface area contributed by atoms with Gasteiger partial charge in [0.2, 0.25) is 5.91 Å². The fraction of sp³-hybridized carbons (Fsp3) is 0.450. The summed E-state index contributed by atoms with van der Waals surface area (Å²) in [4.78, 5) is 36.5. The maximum absolute atomic E-state index is 12.6. The molecule has 7 nitrogen and oxygen atoms in total. The van der Waals surface area contributed by atoms with Gasteiger partial charge >= 0.3 is 12.1 Å². The van der Waals surface area contributed by atoms with Crippen LogP contribution in [0.25, 0.3) is 0 Å². The lowest BCUT2D eigenvalue weighted by Crippen LogP contribution is -2.53. The van der Waals surface area contributed by atoms with Crippen molar-refractivity contribution < 1.29 is 23.9 Å². The molecule has 2 amide bonds. The minimum Gasteiger partial charge on any atom is -0.467 e. The molecule has 1 aromatic carbocycles. The number of hydrogen-bond donors (Lipinski definition) is 2. The number of carbonyl (C=O) groups is 3. The highest BCUT2D eigenvalue weighted by Gasteiger charge is 2.29. The van der Waals surface area contributed by atoms with Crippen LogP contribution in [0, 0.1) is 5.92 Å². The van der Waals surface area contributed by atoms with Crippen LogP contribution in [0.2, 0.25) is 0 Å². The summed E-state index contributed by atoms with van der Waals surface area (Å²) in [6, 6.07) is 7.58. The van der Waals surface area contributed by atoms with E-state index in [-0.39, 0.29) is 12.5 Å². The van der Waals surface area contributed by atoms with Crippen molar-refractivity contribution in [3.8, 4) is 0 Å². The Bertz CT molecular complexity index is 631. The first kappa shape index (κ1) is 22.2. The number of nitrogens with one attached hydrogen (secondary N) is 2. The Morgan fingerprint density at radius 3 is 2.37 bits per heavy atom. The molecule has 0 heterocycles. The lowest BCUT2D eigenvalue weighted by atomic mass is 10.0. The highest BCUT2D eigenvalue weighted by Crippen LogP contribution is 2.07. The molecule has 27 heavy (non-hydrogen) atoms. The predicted octanol–water partition coefficient (Wildman–Crippen LogP) is 2.56. The Morgan fingerprint density at radius 2 is 1.81 bits per heavy atom. The van der Waals surface area contributed by atoms with Crippen molar-refractivity contribution in [2.24, 2.45) is 5.92 Å². The minimum atomic E-state index is -0.843. The van der Waals surface area contributed by atoms with Crippen molar-refractivity contribution in [1.29, 1.82) is 0 Å². The fourth-order valence-corrected chi connectivity index (χ4v) is 2.36. The SMILES string of the molecule is C=CCC[C@H](NC(=O)[C@H](NC(=O)OCc1ccccc1)C(C)C)C(=O)OC. The Balaban J connectivity index is 2.66. The largest absolute Gasteiger partial charge is 0.467 e. The zero-order valence-corrected chi connectivity index (χ0v) is 16.1. The molecular formula is C20H28N2O5. The van der Waals surface area contributed by atoms with Crippen LogP contribution < -0.4 is 10.6 Å². The molecule has 7 heteroatoms. The number of esters is 1. The van der Waals surface area contributed by atoms with Gasteiger partial charge in [-0.05, 0) is 24.3 Å². The molecule has 0 bridgehead atoms. The lowest BCUT2D eigenvalue weighted by molar-refractivity contribution is -0.145. The van der Waals surface area contributed by atoms with Crippen LogP contribution in [0.4, 0.5) is 4.79 Å². The molecule has 0 aliphatic heterocycles. The zero-order valence-electron chi connectivity index (χ0n) is 16.1. The minimum absolute atomic E-state index is 0.100. The van der Waals surface area contributed by atoms with E-state index in [4.69, 9.17) is 9.47 Å². The van der Waals surface area contributed by atoms with Gasteiger partial charge in [0.15, 0.2) is 0 Å². The number of methoxy groups -OCH3 is 1. The van der Waals surface area contributed by atoms with E-state index < -0.39 is 30.1 Å². The lowest BCUT2D eigenvalue weighted by Gasteiger charge is -2.24. The summed E-state index contributed by atoms with van der Waals surface area (Å²) in [6.45, 7) is 7.29. The average molecular weight is 376 g/mol. The number of hydrogen-bond acceptors (Lipinski definition) is 5. The first-order valence-corrected chi connectivity index (χ1v) is 8.85. The molecule has 0 aliphatic rings. The number of amides is 2. The molecule has 0 saturated carbocycles. The molecule has 2 atom stereocenters. The topological polar surface area (TPSA) is 93.7 Å². The third-order valence-electron chi connectivity index (χ3n) is 3.90. The predicted molar refractivity (Wildman–Crippen MR) is 102 cm³/mol. The highest BCUT2D eigenvalue weighted by atomic mass is 16.5. The van der Waals surface area contributed by atoms with Gasteiger partial charge in [-0.2, -0.15) is 0 Å². The van der Waals surface area contributed by atoms with Gasteiger partial charge in [-0.25, -0.2) is 9.59 Å². The van der Waals surface area contributed by atoms with Gasteiger partial charge in [0.1, 0.15) is 18.7 Å². The monoisotopic (exact) mass is 376 g/mol. The molecule has 0 spiro atoms. The standard InChI is InChI=1S/C20H28N2O5/c1-5-6-12-16(19(24)26-4)21-18(23)17(14(2)3)22-20(25)27-13-15-10-8-7-9-11-15/h5,7-11,14,16-17H,1,6,12-13H2,2-4H3,(H,21,23)(H,22,25)/t16-,17+/m0/s1. The molecule has 148 valence electrons. The van der Waals surface area contributed by atoms with E-state index in [1.807, 2.05) is 30.3 Å². The van der Waals surface area contributed by atoms with Gasteiger partial charge in [-0.1, -0.05) is 50.3 Å². The van der Waals surface area contributed by atoms with Crippen LogP contribution in [0.1, 0.15) is 32.3 Å². The Hall–Kier alpha value is -2.83. The van der Waals surface area contributed by atoms with Crippen molar-refractivity contribution in [1.82, 2.24) is 10.6 Å². The van der Waals surface area contributed by atoms with Gasteiger partial charge in [0.05, 0.1) is 7.11 Å². The Labute approximate surface area is 160 Å². The summed E-state index contributed by atoms with van der Waals surface area (Å²) in [5, 5.41) is 5.19. The van der Waals surface area contributed by atoms with Gasteiger partial charge < -0.3 is 20.1 Å². The van der Waals surface area contributed by atoms with Crippen molar-refractivity contribution >= 4 is 18.0 Å². The smallest absolute Gasteiger partial charge is 0.408 e. The van der Waals surface area contributed by atoms with Crippen LogP contribution in [-0.4, -0.2) is 37.2 Å². The zero-order chi connectivity index (χ0) is 20.2. The molecular weight excluding hydrogens is 348 g/mol. The van der Waals surface area contributed by atoms with E-state index >= 15 is 0 Å². The Morgan fingerprint density at radius 1 is 1.15 bits per heavy atom. The molecule has 0 fully saturated rings. The van der Waals surface area contributed by atoms with Gasteiger partial charge in [0, 0.05) is 0 Å². The molecule has 1 aromatic rings. The van der Waals surface area contributed by atoms with Crippen molar-refractivity contribution in [3.05, 3.63) is 48.6 Å². The van der Waals surface area contributed by atoms with Crippen LogP contribution in [0.15, 0.2) is 43.0 Å². The molecule has 0 radical (unpaired) electrons. The second-order valence-corrected chi connectivity index (χ2v) is 6.38. The number of rotatable bonds is 10. The number of carbonyl (C=O) groups excluding carboxylic acids is 3. The van der Waals surface area contributed by atoms with E-state index in [1.165, 1.54) is 7.11 Å². The highest BCUT2D eigenvalue weighted by molar-refractivity contribution is 5.89. The van der Waals surface area contributed by atoms with Crippen LogP contribution >= 0.6 is 0 Å². The summed E-state index contributed by atoms with van der Waals surface area (Å²) in [7, 11) is 1.26. The summed E-state index contributed by atoms with van der Waals surface area (Å²) < 4.78 is 9.88. The van der Waals surface area contributed by atoms with Crippen LogP contribution in [-0.2, 0) is 25.7 Å². The third kappa shape index (κ3) is 7.94. The van der Waals surface area contributed by atoms with Crippen LogP contribution in [0.3, 0.4) is 0 Å². The molecule has 2 N–H and O–H groups in total. The molecule has 0 aliphatic carbocycles. The van der Waals surface area contributed by atoms with E-state index in [0.29, 0.717) is 12.8 Å². The summed E-state index contributed by atoms with van der Waals surface area (Å²) in [6.07, 6.45) is 1.86. The quantitative estimate of drug-likeness (QED) is 0.483. The van der Waals surface area contributed by atoms with Gasteiger partial charge in [0.25, 0.3) is 0 Å². The summed E-state index contributed by atoms with van der Waals surface area (Å²) >= 11 is 0. The van der Waals surface area contributed by atoms with Crippen molar-refractivity contribution in [2.75, 3.05) is 7.11 Å². The number of ether oxygens (including phenoxy) is 2. The first-order valence-electron chi connectivity index (χ1n) is 8.85. The summed E-state index contributed by atoms with van der Waals surface area (Å²) in [5.41, 5.74) is 0.841. The average Bonchev–Trinajstić information content (AvgIpc) is 2.67. The Kier molecular flexibility index (Phi) is 9.64. The van der Waals surface area contributed by atoms with Gasteiger partial charge in [-0.15, -0.1) is 6.58 Å². The van der Waals surface area contributed by atoms with E-state index in [0.717, 1.165) is 5.56 Å². The fourth-order valence-electron chi connectivity index (χ4n) is 2.36. The normalized spacial score (nSPS) is 12.6. The second-order valence-electron chi connectivity index (χ2n) is 6.38. The maximum Gasteiger partial charge on any atom is 0.408 e. The molecule has 1 rings (SSSR count). The molecule has 0 unspecified atom stereocenters. The van der Waals surface area contributed by atoms with E-state index in [2.05, 4.69) is 17.2 Å². The number of allylic oxidation sites excluding steroid dienone is 1. The molecule has 0 saturated heterocycles. The van der Waals surface area contributed by atoms with E-state index in [1.54, 1.807) is 19.9 Å². The van der Waals surface area contributed by atoms with Crippen molar-refractivity contribution in [3.63, 3.8) is 0 Å². The summed E-state index contributed by atoms with van der Waals surface area (Å²) in [5.74, 6) is -1.22. The first-order chi connectivity index (χ1) is 12.9. The van der Waals surface area contributed by atoms with Crippen molar-refractivity contribution in [2.45, 2.75) is 45.4 Å². The van der Waals surface area contributed by atoms with E-state index in [9.17, 15) is 14.4 Å². The maximum atomic E-state index is 12.6. The van der Waals surface area contributed by atoms with Crippen LogP contribution in [0.5, 0.6) is 0 Å². The number of benzene rings is 1.